The number of carbonyl (C=O) groups is 2. The average Bonchev–Trinajstić information content (AvgIpc) is 3.27. The molecule has 2 aliphatic heterocycles. The van der Waals surface area contributed by atoms with Crippen molar-refractivity contribution in [3.63, 3.8) is 0 Å². The Hall–Kier alpha value is -1.54. The van der Waals surface area contributed by atoms with Crippen LogP contribution in [0, 0.1) is 0 Å². The first-order valence-electron chi connectivity index (χ1n) is 11.7. The summed E-state index contributed by atoms with van der Waals surface area (Å²) < 4.78 is 21.8. The van der Waals surface area contributed by atoms with E-state index in [0.29, 0.717) is 39.4 Å². The first-order chi connectivity index (χ1) is 14.6. The molecule has 30 heavy (non-hydrogen) atoms. The molecule has 2 atom stereocenters. The largest absolute Gasteiger partial charge is 0.442 e. The maximum atomic E-state index is 11.9. The van der Waals surface area contributed by atoms with Gasteiger partial charge in [0, 0.05) is 26.3 Å². The lowest BCUT2D eigenvalue weighted by molar-refractivity contribution is 0.0447. The van der Waals surface area contributed by atoms with Crippen LogP contribution in [0.5, 0.6) is 0 Å². The van der Waals surface area contributed by atoms with E-state index in [1.165, 1.54) is 0 Å². The van der Waals surface area contributed by atoms with Gasteiger partial charge in [-0.2, -0.15) is 0 Å². The van der Waals surface area contributed by atoms with Crippen molar-refractivity contribution in [2.45, 2.75) is 77.4 Å². The highest BCUT2D eigenvalue weighted by atomic mass is 16.6. The Bertz CT molecular complexity index is 460. The molecule has 2 amide bonds. The molecule has 0 aromatic carbocycles. The van der Waals surface area contributed by atoms with Crippen molar-refractivity contribution >= 4 is 12.2 Å². The molecule has 0 bridgehead atoms. The Morgan fingerprint density at radius 1 is 0.733 bits per heavy atom. The second kappa shape index (κ2) is 14.5. The molecule has 0 aromatic rings. The summed E-state index contributed by atoms with van der Waals surface area (Å²) in [5, 5.41) is 0. The van der Waals surface area contributed by atoms with Gasteiger partial charge in [0.2, 0.25) is 0 Å². The third-order valence-electron chi connectivity index (χ3n) is 5.40. The number of unbranched alkanes of at least 4 members (excludes halogenated alkanes) is 5. The highest BCUT2D eigenvalue weighted by Gasteiger charge is 2.31. The number of hydrogen-bond acceptors (Lipinski definition) is 6. The van der Waals surface area contributed by atoms with E-state index in [0.717, 1.165) is 64.6 Å². The first-order valence-corrected chi connectivity index (χ1v) is 11.7. The fraction of sp³-hybridized carbons (Fsp3) is 0.909. The van der Waals surface area contributed by atoms with Gasteiger partial charge in [-0.05, 0) is 25.7 Å². The molecule has 2 fully saturated rings. The number of cyclic esters (lactones) is 2. The van der Waals surface area contributed by atoms with Gasteiger partial charge in [0.1, 0.15) is 12.2 Å². The van der Waals surface area contributed by atoms with Gasteiger partial charge >= 0.3 is 12.2 Å². The van der Waals surface area contributed by atoms with Gasteiger partial charge in [0.05, 0.1) is 26.3 Å². The number of carbonyl (C=O) groups excluding carboxylic acids is 2. The third-order valence-corrected chi connectivity index (χ3v) is 5.40. The van der Waals surface area contributed by atoms with Crippen LogP contribution in [-0.2, 0) is 18.9 Å². The van der Waals surface area contributed by atoms with Gasteiger partial charge in [-0.15, -0.1) is 0 Å². The number of hydrogen-bond donors (Lipinski definition) is 0. The lowest BCUT2D eigenvalue weighted by Gasteiger charge is -2.14. The van der Waals surface area contributed by atoms with Crippen molar-refractivity contribution in [1.82, 2.24) is 9.80 Å². The van der Waals surface area contributed by atoms with Gasteiger partial charge in [-0.1, -0.05) is 39.5 Å². The molecule has 8 heteroatoms. The van der Waals surface area contributed by atoms with Crippen LogP contribution >= 0.6 is 0 Å². The molecule has 2 rings (SSSR count). The van der Waals surface area contributed by atoms with Gasteiger partial charge < -0.3 is 28.7 Å². The third kappa shape index (κ3) is 9.08. The molecule has 0 saturated carbocycles. The predicted molar refractivity (Wildman–Crippen MR) is 114 cm³/mol. The zero-order valence-corrected chi connectivity index (χ0v) is 18.8. The predicted octanol–water partition coefficient (Wildman–Crippen LogP) is 3.82. The molecule has 2 heterocycles. The van der Waals surface area contributed by atoms with E-state index in [-0.39, 0.29) is 24.4 Å². The number of amides is 2. The van der Waals surface area contributed by atoms with Gasteiger partial charge in [0.25, 0.3) is 0 Å². The molecular weight excluding hydrogens is 388 g/mol. The van der Waals surface area contributed by atoms with E-state index in [1.807, 2.05) is 0 Å². The quantitative estimate of drug-likeness (QED) is 0.328. The number of ether oxygens (including phenoxy) is 4. The van der Waals surface area contributed by atoms with E-state index in [1.54, 1.807) is 9.80 Å². The molecule has 2 unspecified atom stereocenters. The van der Waals surface area contributed by atoms with Crippen LogP contribution in [0.25, 0.3) is 0 Å². The van der Waals surface area contributed by atoms with Crippen LogP contribution in [0.3, 0.4) is 0 Å². The zero-order valence-electron chi connectivity index (χ0n) is 18.8. The van der Waals surface area contributed by atoms with Crippen molar-refractivity contribution in [3.8, 4) is 0 Å². The topological polar surface area (TPSA) is 77.5 Å². The minimum absolute atomic E-state index is 0.144. The lowest BCUT2D eigenvalue weighted by Crippen LogP contribution is -2.28. The van der Waals surface area contributed by atoms with Crippen LogP contribution in [-0.4, -0.2) is 86.8 Å². The number of rotatable bonds is 17. The summed E-state index contributed by atoms with van der Waals surface area (Å²) in [6.45, 7) is 9.33. The normalized spacial score (nSPS) is 21.4. The maximum absolute atomic E-state index is 11.9. The van der Waals surface area contributed by atoms with Crippen molar-refractivity contribution in [2.75, 3.05) is 52.6 Å². The second-order valence-electron chi connectivity index (χ2n) is 8.17. The summed E-state index contributed by atoms with van der Waals surface area (Å²) in [5.74, 6) is 0. The van der Waals surface area contributed by atoms with Crippen LogP contribution < -0.4 is 0 Å². The minimum Gasteiger partial charge on any atom is -0.442 e. The van der Waals surface area contributed by atoms with Gasteiger partial charge in [-0.3, -0.25) is 0 Å². The highest BCUT2D eigenvalue weighted by Crippen LogP contribution is 2.15. The van der Waals surface area contributed by atoms with E-state index in [4.69, 9.17) is 18.9 Å². The smallest absolute Gasteiger partial charge is 0.410 e. The monoisotopic (exact) mass is 428 g/mol. The maximum Gasteiger partial charge on any atom is 0.410 e. The lowest BCUT2D eigenvalue weighted by atomic mass is 10.2. The molecule has 0 radical (unpaired) electrons. The molecular formula is C22H40N2O6. The summed E-state index contributed by atoms with van der Waals surface area (Å²) in [5.41, 5.74) is 0. The Kier molecular flexibility index (Phi) is 11.9. The van der Waals surface area contributed by atoms with Crippen LogP contribution in [0.15, 0.2) is 0 Å². The summed E-state index contributed by atoms with van der Waals surface area (Å²) in [7, 11) is 0. The molecule has 8 nitrogen and oxygen atoms in total. The van der Waals surface area contributed by atoms with Crippen molar-refractivity contribution < 1.29 is 28.5 Å². The average molecular weight is 429 g/mol. The van der Waals surface area contributed by atoms with E-state index >= 15 is 0 Å². The Balaban J connectivity index is 1.48. The standard InChI is InChI=1S/C22H40N2O6/c1-3-5-13-27-17-19-15-23(21(25)29-19)11-9-7-8-10-12-24-16-20(30-22(24)26)18-28-14-6-4-2/h19-20H,3-18H2,1-2H3. The molecule has 2 saturated heterocycles. The van der Waals surface area contributed by atoms with Crippen molar-refractivity contribution in [3.05, 3.63) is 0 Å². The summed E-state index contributed by atoms with van der Waals surface area (Å²) in [6.07, 6.45) is 7.45. The zero-order chi connectivity index (χ0) is 21.6. The fourth-order valence-electron chi connectivity index (χ4n) is 3.57. The number of nitrogens with zero attached hydrogens (tertiary/aromatic N) is 2. The molecule has 0 spiro atoms. The highest BCUT2D eigenvalue weighted by molar-refractivity contribution is 5.70. The first kappa shape index (κ1) is 24.7. The Labute approximate surface area is 181 Å². The van der Waals surface area contributed by atoms with Crippen molar-refractivity contribution in [2.24, 2.45) is 0 Å². The SMILES string of the molecule is CCCCOCC1CN(CCCCCCN2CC(COCCCC)OC2=O)C(=O)O1. The van der Waals surface area contributed by atoms with Crippen LogP contribution in [0.2, 0.25) is 0 Å². The molecule has 0 N–H and O–H groups in total. The summed E-state index contributed by atoms with van der Waals surface area (Å²) >= 11 is 0. The Morgan fingerprint density at radius 2 is 1.17 bits per heavy atom. The second-order valence-corrected chi connectivity index (χ2v) is 8.17. The van der Waals surface area contributed by atoms with Crippen LogP contribution in [0.4, 0.5) is 9.59 Å². The van der Waals surface area contributed by atoms with E-state index < -0.39 is 0 Å². The summed E-state index contributed by atoms with van der Waals surface area (Å²) in [6, 6.07) is 0. The van der Waals surface area contributed by atoms with E-state index in [9.17, 15) is 9.59 Å². The Morgan fingerprint density at radius 3 is 1.57 bits per heavy atom. The van der Waals surface area contributed by atoms with Crippen LogP contribution in [0.1, 0.15) is 65.2 Å². The van der Waals surface area contributed by atoms with Gasteiger partial charge in [0.15, 0.2) is 0 Å². The molecule has 0 aromatic heterocycles. The fourth-order valence-corrected chi connectivity index (χ4v) is 3.57. The molecule has 2 aliphatic rings. The molecule has 0 aliphatic carbocycles. The van der Waals surface area contributed by atoms with Crippen molar-refractivity contribution in [1.29, 1.82) is 0 Å². The van der Waals surface area contributed by atoms with E-state index in [2.05, 4.69) is 13.8 Å². The minimum atomic E-state index is -0.230. The van der Waals surface area contributed by atoms with Gasteiger partial charge in [-0.25, -0.2) is 9.59 Å². The summed E-state index contributed by atoms with van der Waals surface area (Å²) in [4.78, 5) is 27.4. The molecule has 174 valence electrons.